The topological polar surface area (TPSA) is 49.4 Å². The van der Waals surface area contributed by atoms with Crippen LogP contribution in [-0.4, -0.2) is 38.4 Å². The predicted molar refractivity (Wildman–Crippen MR) is 88.1 cm³/mol. The van der Waals surface area contributed by atoms with Gasteiger partial charge in [-0.2, -0.15) is 4.31 Å². The highest BCUT2D eigenvalue weighted by Crippen LogP contribution is 2.24. The molecule has 1 aliphatic heterocycles. The lowest BCUT2D eigenvalue weighted by Gasteiger charge is -2.31. The Balaban J connectivity index is 1.94. The maximum atomic E-state index is 12.8. The number of piperazine rings is 1. The van der Waals surface area contributed by atoms with Gasteiger partial charge in [0.05, 0.1) is 4.90 Å². The minimum atomic E-state index is -3.43. The largest absolute Gasteiger partial charge is 0.312 e. The van der Waals surface area contributed by atoms with E-state index in [0.717, 1.165) is 11.1 Å². The minimum Gasteiger partial charge on any atom is -0.312 e. The molecule has 3 rings (SSSR count). The van der Waals surface area contributed by atoms with Crippen molar-refractivity contribution in [2.75, 3.05) is 19.6 Å². The van der Waals surface area contributed by atoms with E-state index in [9.17, 15) is 8.42 Å². The van der Waals surface area contributed by atoms with Gasteiger partial charge in [0.1, 0.15) is 0 Å². The number of hydrogen-bond donors (Lipinski definition) is 1. The maximum absolute atomic E-state index is 12.8. The molecule has 0 bridgehead atoms. The summed E-state index contributed by atoms with van der Waals surface area (Å²) in [5.74, 6) is 0. The van der Waals surface area contributed by atoms with Crippen molar-refractivity contribution in [2.24, 2.45) is 0 Å². The van der Waals surface area contributed by atoms with E-state index in [1.54, 1.807) is 22.5 Å². The molecule has 0 amide bonds. The fourth-order valence-electron chi connectivity index (χ4n) is 2.73. The van der Waals surface area contributed by atoms with Gasteiger partial charge >= 0.3 is 0 Å². The molecule has 116 valence electrons. The summed E-state index contributed by atoms with van der Waals surface area (Å²) >= 11 is 0. The lowest BCUT2D eigenvalue weighted by molar-refractivity contribution is 0.310. The second-order valence-electron chi connectivity index (χ2n) is 5.61. The third kappa shape index (κ3) is 3.06. The molecule has 0 radical (unpaired) electrons. The van der Waals surface area contributed by atoms with E-state index in [4.69, 9.17) is 0 Å². The lowest BCUT2D eigenvalue weighted by atomic mass is 10.1. The first-order valence-corrected chi connectivity index (χ1v) is 8.90. The highest BCUT2D eigenvalue weighted by atomic mass is 32.2. The number of benzene rings is 2. The second kappa shape index (κ2) is 6.20. The molecule has 0 unspecified atom stereocenters. The van der Waals surface area contributed by atoms with Crippen molar-refractivity contribution in [3.05, 3.63) is 54.6 Å². The molecule has 5 heteroatoms. The standard InChI is InChI=1S/C17H20N2O2S/c1-14-13-19(11-10-18-14)22(20,21)17-9-5-8-16(12-17)15-6-3-2-4-7-15/h2-9,12,14,18H,10-11,13H2,1H3/t14-/m1/s1. The summed E-state index contributed by atoms with van der Waals surface area (Å²) in [6.45, 7) is 3.72. The molecule has 0 saturated carbocycles. The Hall–Kier alpha value is -1.69. The Kier molecular flexibility index (Phi) is 4.29. The van der Waals surface area contributed by atoms with Gasteiger partial charge in [-0.3, -0.25) is 0 Å². The number of hydrogen-bond acceptors (Lipinski definition) is 3. The van der Waals surface area contributed by atoms with Gasteiger partial charge in [0.2, 0.25) is 10.0 Å². The van der Waals surface area contributed by atoms with Crippen LogP contribution in [0.3, 0.4) is 0 Å². The zero-order chi connectivity index (χ0) is 15.6. The van der Waals surface area contributed by atoms with Gasteiger partial charge in [-0.1, -0.05) is 42.5 Å². The van der Waals surface area contributed by atoms with Crippen molar-refractivity contribution in [1.82, 2.24) is 9.62 Å². The first kappa shape index (κ1) is 15.2. The van der Waals surface area contributed by atoms with Crippen molar-refractivity contribution in [1.29, 1.82) is 0 Å². The molecule has 0 aliphatic carbocycles. The maximum Gasteiger partial charge on any atom is 0.243 e. The van der Waals surface area contributed by atoms with Crippen LogP contribution in [0.2, 0.25) is 0 Å². The van der Waals surface area contributed by atoms with Gasteiger partial charge in [0.25, 0.3) is 0 Å². The van der Waals surface area contributed by atoms with Crippen LogP contribution in [0.25, 0.3) is 11.1 Å². The van der Waals surface area contributed by atoms with Crippen LogP contribution >= 0.6 is 0 Å². The summed E-state index contributed by atoms with van der Waals surface area (Å²) < 4.78 is 27.2. The molecule has 2 aromatic rings. The highest BCUT2D eigenvalue weighted by Gasteiger charge is 2.28. The van der Waals surface area contributed by atoms with E-state index in [1.165, 1.54) is 0 Å². The van der Waals surface area contributed by atoms with Crippen molar-refractivity contribution in [3.63, 3.8) is 0 Å². The predicted octanol–water partition coefficient (Wildman–Crippen LogP) is 2.34. The number of nitrogens with zero attached hydrogens (tertiary/aromatic N) is 1. The summed E-state index contributed by atoms with van der Waals surface area (Å²) in [5.41, 5.74) is 1.94. The van der Waals surface area contributed by atoms with Crippen molar-refractivity contribution < 1.29 is 8.42 Å². The van der Waals surface area contributed by atoms with E-state index >= 15 is 0 Å². The first-order valence-electron chi connectivity index (χ1n) is 7.46. The Labute approximate surface area is 131 Å². The van der Waals surface area contributed by atoms with E-state index in [2.05, 4.69) is 5.32 Å². The molecule has 1 atom stereocenters. The van der Waals surface area contributed by atoms with Crippen LogP contribution in [0.1, 0.15) is 6.92 Å². The van der Waals surface area contributed by atoms with E-state index in [-0.39, 0.29) is 6.04 Å². The van der Waals surface area contributed by atoms with Crippen LogP contribution in [0.15, 0.2) is 59.5 Å². The summed E-state index contributed by atoms with van der Waals surface area (Å²) in [6.07, 6.45) is 0. The molecule has 4 nitrogen and oxygen atoms in total. The Bertz CT molecular complexity index is 744. The van der Waals surface area contributed by atoms with E-state index in [1.807, 2.05) is 43.3 Å². The highest BCUT2D eigenvalue weighted by molar-refractivity contribution is 7.89. The van der Waals surface area contributed by atoms with Gasteiger partial charge in [-0.05, 0) is 30.2 Å². The van der Waals surface area contributed by atoms with Crippen LogP contribution in [0.4, 0.5) is 0 Å². The normalized spacial score (nSPS) is 20.0. The number of nitrogens with one attached hydrogen (secondary N) is 1. The zero-order valence-corrected chi connectivity index (χ0v) is 13.4. The smallest absolute Gasteiger partial charge is 0.243 e. The molecule has 0 spiro atoms. The summed E-state index contributed by atoms with van der Waals surface area (Å²) in [5, 5.41) is 3.27. The number of sulfonamides is 1. The van der Waals surface area contributed by atoms with E-state index < -0.39 is 10.0 Å². The van der Waals surface area contributed by atoms with Gasteiger partial charge < -0.3 is 5.32 Å². The fourth-order valence-corrected chi connectivity index (χ4v) is 4.31. The average molecular weight is 316 g/mol. The van der Waals surface area contributed by atoms with Crippen LogP contribution in [0.5, 0.6) is 0 Å². The molecule has 1 heterocycles. The molecule has 1 aliphatic rings. The minimum absolute atomic E-state index is 0.181. The van der Waals surface area contributed by atoms with Crippen LogP contribution in [-0.2, 0) is 10.0 Å². The Morgan fingerprint density at radius 3 is 2.50 bits per heavy atom. The van der Waals surface area contributed by atoms with Crippen molar-refractivity contribution in [3.8, 4) is 11.1 Å². The van der Waals surface area contributed by atoms with Gasteiger partial charge in [0, 0.05) is 25.7 Å². The molecular weight excluding hydrogens is 296 g/mol. The average Bonchev–Trinajstić information content (AvgIpc) is 2.56. The van der Waals surface area contributed by atoms with E-state index in [0.29, 0.717) is 24.5 Å². The Morgan fingerprint density at radius 1 is 1.05 bits per heavy atom. The van der Waals surface area contributed by atoms with Gasteiger partial charge in [0.15, 0.2) is 0 Å². The summed E-state index contributed by atoms with van der Waals surface area (Å²) in [4.78, 5) is 0.364. The Morgan fingerprint density at radius 2 is 1.77 bits per heavy atom. The van der Waals surface area contributed by atoms with Gasteiger partial charge in [-0.25, -0.2) is 8.42 Å². The lowest BCUT2D eigenvalue weighted by Crippen LogP contribution is -2.51. The fraction of sp³-hybridized carbons (Fsp3) is 0.294. The molecule has 0 aromatic heterocycles. The van der Waals surface area contributed by atoms with Crippen LogP contribution in [0, 0.1) is 0 Å². The van der Waals surface area contributed by atoms with Crippen molar-refractivity contribution in [2.45, 2.75) is 17.9 Å². The van der Waals surface area contributed by atoms with Crippen LogP contribution < -0.4 is 5.32 Å². The quantitative estimate of drug-likeness (QED) is 0.945. The molecular formula is C17H20N2O2S. The molecule has 1 N–H and O–H groups in total. The monoisotopic (exact) mass is 316 g/mol. The van der Waals surface area contributed by atoms with Gasteiger partial charge in [-0.15, -0.1) is 0 Å². The third-order valence-corrected chi connectivity index (χ3v) is 5.77. The second-order valence-corrected chi connectivity index (χ2v) is 7.55. The summed E-state index contributed by atoms with van der Waals surface area (Å²) in [7, 11) is -3.43. The summed E-state index contributed by atoms with van der Waals surface area (Å²) in [6, 6.07) is 17.2. The van der Waals surface area contributed by atoms with Crippen molar-refractivity contribution >= 4 is 10.0 Å². The first-order chi connectivity index (χ1) is 10.6. The molecule has 1 saturated heterocycles. The third-order valence-electron chi connectivity index (χ3n) is 3.91. The SMILES string of the molecule is C[C@@H]1CN(S(=O)(=O)c2cccc(-c3ccccc3)c2)CCN1. The zero-order valence-electron chi connectivity index (χ0n) is 12.6. The number of rotatable bonds is 3. The molecule has 2 aromatic carbocycles. The molecule has 22 heavy (non-hydrogen) atoms. The molecule has 1 fully saturated rings.